The number of fused-ring (bicyclic) bond motifs is 3. The van der Waals surface area contributed by atoms with Gasteiger partial charge in [0.25, 0.3) is 0 Å². The van der Waals surface area contributed by atoms with E-state index in [1.165, 1.54) is 13.1 Å². The quantitative estimate of drug-likeness (QED) is 0.762. The highest BCUT2D eigenvalue weighted by molar-refractivity contribution is 5.16. The Morgan fingerprint density at radius 2 is 2.05 bits per heavy atom. The molecule has 2 bridgehead atoms. The van der Waals surface area contributed by atoms with Gasteiger partial charge in [0.15, 0.2) is 5.82 Å². The number of hydrogen-bond acceptors (Lipinski definition) is 6. The predicted octanol–water partition coefficient (Wildman–Crippen LogP) is 0.113. The lowest BCUT2D eigenvalue weighted by Crippen LogP contribution is -2.57. The van der Waals surface area contributed by atoms with Crippen LogP contribution in [0.25, 0.3) is 0 Å². The molecule has 1 aliphatic carbocycles. The average molecular weight is 261 g/mol. The van der Waals surface area contributed by atoms with Crippen LogP contribution in [-0.2, 0) is 0 Å². The van der Waals surface area contributed by atoms with E-state index in [0.29, 0.717) is 6.04 Å². The molecule has 1 aromatic rings. The molecule has 19 heavy (non-hydrogen) atoms. The second-order valence-corrected chi connectivity index (χ2v) is 5.73. The van der Waals surface area contributed by atoms with E-state index in [0.717, 1.165) is 37.8 Å². The van der Waals surface area contributed by atoms with Crippen LogP contribution in [0.1, 0.15) is 30.1 Å². The van der Waals surface area contributed by atoms with E-state index in [1.807, 2.05) is 6.08 Å². The standard InChI is InChI=1S/C13H19N5O/c14-10-2-1-9(7-10)13-15-12(16-19-13)11-8-17-3-5-18(11)6-4-17/h1-2,9-11H,3-8,14H2. The summed E-state index contributed by atoms with van der Waals surface area (Å²) in [5.41, 5.74) is 5.87. The summed E-state index contributed by atoms with van der Waals surface area (Å²) in [6.45, 7) is 5.59. The highest BCUT2D eigenvalue weighted by Gasteiger charge is 2.36. The molecule has 3 aliphatic heterocycles. The summed E-state index contributed by atoms with van der Waals surface area (Å²) in [5.74, 6) is 1.76. The van der Waals surface area contributed by atoms with Gasteiger partial charge in [0.2, 0.25) is 5.89 Å². The Morgan fingerprint density at radius 1 is 1.21 bits per heavy atom. The Balaban J connectivity index is 1.53. The lowest BCUT2D eigenvalue weighted by Gasteiger charge is -2.46. The van der Waals surface area contributed by atoms with E-state index >= 15 is 0 Å². The number of nitrogens with zero attached hydrogens (tertiary/aromatic N) is 4. The fourth-order valence-electron chi connectivity index (χ4n) is 3.31. The number of rotatable bonds is 2. The van der Waals surface area contributed by atoms with Crippen molar-refractivity contribution in [1.82, 2.24) is 19.9 Å². The zero-order chi connectivity index (χ0) is 12.8. The fraction of sp³-hybridized carbons (Fsp3) is 0.692. The normalized spacial score (nSPS) is 41.0. The molecule has 5 rings (SSSR count). The molecule has 0 aromatic carbocycles. The average Bonchev–Trinajstić information content (AvgIpc) is 3.08. The summed E-state index contributed by atoms with van der Waals surface area (Å²) in [5, 5.41) is 4.20. The van der Waals surface area contributed by atoms with E-state index in [-0.39, 0.29) is 12.0 Å². The van der Waals surface area contributed by atoms with E-state index < -0.39 is 0 Å². The lowest BCUT2D eigenvalue weighted by atomic mass is 10.1. The van der Waals surface area contributed by atoms with Gasteiger partial charge in [0.1, 0.15) is 0 Å². The first-order chi connectivity index (χ1) is 9.29. The van der Waals surface area contributed by atoms with Crippen LogP contribution in [-0.4, -0.2) is 58.7 Å². The van der Waals surface area contributed by atoms with Gasteiger partial charge in [-0.15, -0.1) is 0 Å². The molecule has 6 nitrogen and oxygen atoms in total. The van der Waals surface area contributed by atoms with Crippen molar-refractivity contribution in [3.8, 4) is 0 Å². The summed E-state index contributed by atoms with van der Waals surface area (Å²) in [7, 11) is 0. The van der Waals surface area contributed by atoms with Crippen LogP contribution in [0.5, 0.6) is 0 Å². The molecular formula is C13H19N5O. The molecular weight excluding hydrogens is 242 g/mol. The first-order valence-electron chi connectivity index (χ1n) is 7.03. The summed E-state index contributed by atoms with van der Waals surface area (Å²) in [6.07, 6.45) is 4.98. The van der Waals surface area contributed by atoms with E-state index in [1.54, 1.807) is 0 Å². The van der Waals surface area contributed by atoms with Crippen molar-refractivity contribution in [2.75, 3.05) is 32.7 Å². The van der Waals surface area contributed by atoms with Crippen molar-refractivity contribution < 1.29 is 4.52 Å². The number of hydrogen-bond donors (Lipinski definition) is 1. The second kappa shape index (κ2) is 4.40. The van der Waals surface area contributed by atoms with Crippen LogP contribution in [0, 0.1) is 0 Å². The van der Waals surface area contributed by atoms with Crippen molar-refractivity contribution in [2.24, 2.45) is 5.73 Å². The van der Waals surface area contributed by atoms with Gasteiger partial charge in [-0.1, -0.05) is 17.3 Å². The molecule has 3 fully saturated rings. The van der Waals surface area contributed by atoms with Crippen LogP contribution in [0.4, 0.5) is 0 Å². The van der Waals surface area contributed by atoms with Crippen LogP contribution < -0.4 is 5.73 Å². The Kier molecular flexibility index (Phi) is 2.68. The summed E-state index contributed by atoms with van der Waals surface area (Å²) >= 11 is 0. The zero-order valence-corrected chi connectivity index (χ0v) is 10.9. The third-order valence-corrected chi connectivity index (χ3v) is 4.47. The fourth-order valence-corrected chi connectivity index (χ4v) is 3.31. The summed E-state index contributed by atoms with van der Waals surface area (Å²) in [6, 6.07) is 0.431. The van der Waals surface area contributed by atoms with E-state index in [2.05, 4.69) is 26.0 Å². The highest BCUT2D eigenvalue weighted by atomic mass is 16.5. The molecule has 3 atom stereocenters. The molecule has 6 heteroatoms. The van der Waals surface area contributed by atoms with Crippen LogP contribution in [0.2, 0.25) is 0 Å². The smallest absolute Gasteiger partial charge is 0.233 e. The van der Waals surface area contributed by atoms with Gasteiger partial charge < -0.3 is 10.3 Å². The molecule has 3 saturated heterocycles. The van der Waals surface area contributed by atoms with Gasteiger partial charge in [-0.05, 0) is 6.42 Å². The molecule has 0 amide bonds. The van der Waals surface area contributed by atoms with Gasteiger partial charge >= 0.3 is 0 Å². The molecule has 0 radical (unpaired) electrons. The molecule has 4 aliphatic rings. The first-order valence-corrected chi connectivity index (χ1v) is 7.03. The first kappa shape index (κ1) is 11.6. The van der Waals surface area contributed by atoms with Gasteiger partial charge in [-0.2, -0.15) is 4.98 Å². The summed E-state index contributed by atoms with van der Waals surface area (Å²) < 4.78 is 5.44. The van der Waals surface area contributed by atoms with Crippen molar-refractivity contribution >= 4 is 0 Å². The van der Waals surface area contributed by atoms with Crippen molar-refractivity contribution in [2.45, 2.75) is 24.4 Å². The molecule has 2 N–H and O–H groups in total. The highest BCUT2D eigenvalue weighted by Crippen LogP contribution is 2.30. The molecule has 0 saturated carbocycles. The Morgan fingerprint density at radius 3 is 2.68 bits per heavy atom. The van der Waals surface area contributed by atoms with E-state index in [4.69, 9.17) is 10.3 Å². The third-order valence-electron chi connectivity index (χ3n) is 4.47. The van der Waals surface area contributed by atoms with Gasteiger partial charge in [0.05, 0.1) is 12.0 Å². The maximum absolute atomic E-state index is 5.87. The minimum atomic E-state index is 0.126. The SMILES string of the molecule is NC1C=CC(c2nc(C3CN4CCN3CC4)no2)C1. The zero-order valence-electron chi connectivity index (χ0n) is 10.9. The predicted molar refractivity (Wildman–Crippen MR) is 69.5 cm³/mol. The lowest BCUT2D eigenvalue weighted by molar-refractivity contribution is 0.00781. The number of piperazine rings is 3. The summed E-state index contributed by atoms with van der Waals surface area (Å²) in [4.78, 5) is 9.56. The van der Waals surface area contributed by atoms with Crippen LogP contribution in [0.15, 0.2) is 16.7 Å². The van der Waals surface area contributed by atoms with Gasteiger partial charge in [-0.25, -0.2) is 0 Å². The van der Waals surface area contributed by atoms with Crippen molar-refractivity contribution in [1.29, 1.82) is 0 Å². The van der Waals surface area contributed by atoms with Crippen LogP contribution >= 0.6 is 0 Å². The topological polar surface area (TPSA) is 71.4 Å². The molecule has 1 aromatic heterocycles. The largest absolute Gasteiger partial charge is 0.339 e. The number of aromatic nitrogens is 2. The number of nitrogens with two attached hydrogens (primary N) is 1. The maximum atomic E-state index is 5.87. The minimum Gasteiger partial charge on any atom is -0.339 e. The van der Waals surface area contributed by atoms with E-state index in [9.17, 15) is 0 Å². The monoisotopic (exact) mass is 261 g/mol. The Bertz CT molecular complexity index is 491. The second-order valence-electron chi connectivity index (χ2n) is 5.73. The molecule has 4 heterocycles. The molecule has 102 valence electrons. The molecule has 0 spiro atoms. The Hall–Kier alpha value is -1.24. The Labute approximate surface area is 112 Å². The number of allylic oxidation sites excluding steroid dienone is 1. The van der Waals surface area contributed by atoms with Gasteiger partial charge in [0, 0.05) is 38.8 Å². The third kappa shape index (κ3) is 2.00. The van der Waals surface area contributed by atoms with Crippen LogP contribution in [0.3, 0.4) is 0 Å². The van der Waals surface area contributed by atoms with Crippen molar-refractivity contribution in [3.05, 3.63) is 23.9 Å². The minimum absolute atomic E-state index is 0.126. The van der Waals surface area contributed by atoms with Gasteiger partial charge in [-0.3, -0.25) is 9.80 Å². The van der Waals surface area contributed by atoms with Crippen molar-refractivity contribution in [3.63, 3.8) is 0 Å². The maximum Gasteiger partial charge on any atom is 0.233 e. The molecule has 3 unspecified atom stereocenters.